The highest BCUT2D eigenvalue weighted by atomic mass is 16.6. The molecule has 17 heavy (non-hydrogen) atoms. The molecule has 0 aromatic heterocycles. The van der Waals surface area contributed by atoms with Gasteiger partial charge in [-0.3, -0.25) is 0 Å². The molecule has 0 aliphatic carbocycles. The van der Waals surface area contributed by atoms with Crippen LogP contribution in [-0.4, -0.2) is 38.6 Å². The van der Waals surface area contributed by atoms with Crippen molar-refractivity contribution in [3.8, 4) is 5.75 Å². The average Bonchev–Trinajstić information content (AvgIpc) is 2.38. The van der Waals surface area contributed by atoms with E-state index in [2.05, 4.69) is 0 Å². The quantitative estimate of drug-likeness (QED) is 0.782. The molecule has 1 saturated heterocycles. The predicted octanol–water partition coefficient (Wildman–Crippen LogP) is 1.20. The van der Waals surface area contributed by atoms with Crippen molar-refractivity contribution in [2.45, 2.75) is 18.6 Å². The van der Waals surface area contributed by atoms with Gasteiger partial charge in [0.1, 0.15) is 12.4 Å². The fraction of sp³-hybridized carbons (Fsp3) is 0.538. The predicted molar refractivity (Wildman–Crippen MR) is 65.1 cm³/mol. The zero-order valence-corrected chi connectivity index (χ0v) is 9.88. The van der Waals surface area contributed by atoms with E-state index in [-0.39, 0.29) is 12.1 Å². The number of hydrogen-bond donors (Lipinski definition) is 1. The second kappa shape index (κ2) is 6.59. The lowest BCUT2D eigenvalue weighted by atomic mass is 10.1. The molecule has 4 nitrogen and oxygen atoms in total. The van der Waals surface area contributed by atoms with Crippen molar-refractivity contribution in [1.29, 1.82) is 0 Å². The molecular formula is C13H19NO3. The van der Waals surface area contributed by atoms with Crippen LogP contribution in [0.5, 0.6) is 5.75 Å². The van der Waals surface area contributed by atoms with Crippen molar-refractivity contribution in [2.75, 3.05) is 26.4 Å². The number of ether oxygens (including phenoxy) is 3. The highest BCUT2D eigenvalue weighted by Gasteiger charge is 2.22. The summed E-state index contributed by atoms with van der Waals surface area (Å²) < 4.78 is 16.5. The highest BCUT2D eigenvalue weighted by Crippen LogP contribution is 2.10. The Labute approximate surface area is 102 Å². The number of rotatable bonds is 5. The average molecular weight is 237 g/mol. The fourth-order valence-corrected chi connectivity index (χ4v) is 1.78. The standard InChI is InChI=1S/C13H19NO3/c14-12-6-7-15-10-13(12)17-9-8-16-11-4-2-1-3-5-11/h1-5,12-13H,6-10,14H2. The Kier molecular flexibility index (Phi) is 4.79. The van der Waals surface area contributed by atoms with Crippen LogP contribution in [-0.2, 0) is 9.47 Å². The summed E-state index contributed by atoms with van der Waals surface area (Å²) in [4.78, 5) is 0. The second-order valence-electron chi connectivity index (χ2n) is 4.10. The third-order valence-electron chi connectivity index (χ3n) is 2.78. The van der Waals surface area contributed by atoms with Crippen LogP contribution >= 0.6 is 0 Å². The molecule has 1 aliphatic heterocycles. The summed E-state index contributed by atoms with van der Waals surface area (Å²) in [5.41, 5.74) is 5.93. The van der Waals surface area contributed by atoms with Crippen molar-refractivity contribution in [3.05, 3.63) is 30.3 Å². The van der Waals surface area contributed by atoms with Crippen molar-refractivity contribution in [1.82, 2.24) is 0 Å². The van der Waals surface area contributed by atoms with Gasteiger partial charge < -0.3 is 19.9 Å². The minimum absolute atomic E-state index is 0.00289. The normalized spacial score (nSPS) is 24.5. The second-order valence-corrected chi connectivity index (χ2v) is 4.10. The van der Waals surface area contributed by atoms with E-state index in [1.54, 1.807) is 0 Å². The van der Waals surface area contributed by atoms with Crippen LogP contribution in [0.25, 0.3) is 0 Å². The van der Waals surface area contributed by atoms with E-state index in [4.69, 9.17) is 19.9 Å². The van der Waals surface area contributed by atoms with Crippen molar-refractivity contribution in [3.63, 3.8) is 0 Å². The van der Waals surface area contributed by atoms with Crippen LogP contribution in [0.15, 0.2) is 30.3 Å². The van der Waals surface area contributed by atoms with Gasteiger partial charge >= 0.3 is 0 Å². The van der Waals surface area contributed by atoms with E-state index < -0.39 is 0 Å². The van der Waals surface area contributed by atoms with E-state index in [0.717, 1.165) is 18.8 Å². The van der Waals surface area contributed by atoms with Crippen LogP contribution in [0.1, 0.15) is 6.42 Å². The zero-order valence-electron chi connectivity index (χ0n) is 9.88. The Hall–Kier alpha value is -1.10. The molecule has 2 rings (SSSR count). The molecule has 4 heteroatoms. The van der Waals surface area contributed by atoms with Gasteiger partial charge in [-0.05, 0) is 18.6 Å². The maximum Gasteiger partial charge on any atom is 0.119 e. The van der Waals surface area contributed by atoms with E-state index >= 15 is 0 Å². The molecule has 1 aromatic rings. The molecule has 0 radical (unpaired) electrons. The van der Waals surface area contributed by atoms with Gasteiger partial charge in [-0.1, -0.05) is 18.2 Å². The molecule has 2 N–H and O–H groups in total. The van der Waals surface area contributed by atoms with Gasteiger partial charge in [-0.2, -0.15) is 0 Å². The van der Waals surface area contributed by atoms with E-state index in [9.17, 15) is 0 Å². The van der Waals surface area contributed by atoms with Gasteiger partial charge in [0.05, 0.1) is 19.3 Å². The summed E-state index contributed by atoms with van der Waals surface area (Å²) in [5.74, 6) is 0.861. The molecule has 2 unspecified atom stereocenters. The molecule has 2 atom stereocenters. The van der Waals surface area contributed by atoms with Gasteiger partial charge in [0.2, 0.25) is 0 Å². The summed E-state index contributed by atoms with van der Waals surface area (Å²) in [5, 5.41) is 0. The maximum atomic E-state index is 5.93. The lowest BCUT2D eigenvalue weighted by molar-refractivity contribution is -0.0665. The SMILES string of the molecule is NC1CCOCC1OCCOc1ccccc1. The third-order valence-corrected chi connectivity index (χ3v) is 2.78. The molecule has 1 fully saturated rings. The van der Waals surface area contributed by atoms with Crippen LogP contribution in [0.4, 0.5) is 0 Å². The first-order chi connectivity index (χ1) is 8.36. The summed E-state index contributed by atoms with van der Waals surface area (Å²) in [7, 11) is 0. The summed E-state index contributed by atoms with van der Waals surface area (Å²) in [6.07, 6.45) is 0.868. The van der Waals surface area contributed by atoms with E-state index in [1.807, 2.05) is 30.3 Å². The molecule has 0 saturated carbocycles. The molecule has 0 amide bonds. The van der Waals surface area contributed by atoms with Crippen molar-refractivity contribution in [2.24, 2.45) is 5.73 Å². The van der Waals surface area contributed by atoms with Crippen molar-refractivity contribution >= 4 is 0 Å². The highest BCUT2D eigenvalue weighted by molar-refractivity contribution is 5.20. The Balaban J connectivity index is 1.63. The van der Waals surface area contributed by atoms with Gasteiger partial charge in [-0.25, -0.2) is 0 Å². The van der Waals surface area contributed by atoms with E-state index in [0.29, 0.717) is 19.8 Å². The first-order valence-electron chi connectivity index (χ1n) is 5.99. The molecule has 1 heterocycles. The summed E-state index contributed by atoms with van der Waals surface area (Å²) in [6.45, 7) is 2.40. The third kappa shape index (κ3) is 4.00. The van der Waals surface area contributed by atoms with E-state index in [1.165, 1.54) is 0 Å². The van der Waals surface area contributed by atoms with Crippen LogP contribution < -0.4 is 10.5 Å². The molecule has 1 aliphatic rings. The largest absolute Gasteiger partial charge is 0.491 e. The Bertz CT molecular complexity index is 318. The fourth-order valence-electron chi connectivity index (χ4n) is 1.78. The van der Waals surface area contributed by atoms with Crippen LogP contribution in [0.3, 0.4) is 0 Å². The zero-order chi connectivity index (χ0) is 11.9. The lowest BCUT2D eigenvalue weighted by Gasteiger charge is -2.28. The van der Waals surface area contributed by atoms with Crippen LogP contribution in [0, 0.1) is 0 Å². The molecule has 0 bridgehead atoms. The van der Waals surface area contributed by atoms with Gasteiger partial charge in [0.25, 0.3) is 0 Å². The number of hydrogen-bond acceptors (Lipinski definition) is 4. The molecule has 94 valence electrons. The molecular weight excluding hydrogens is 218 g/mol. The first-order valence-corrected chi connectivity index (χ1v) is 5.99. The lowest BCUT2D eigenvalue weighted by Crippen LogP contribution is -2.45. The molecule has 1 aromatic carbocycles. The van der Waals surface area contributed by atoms with Gasteiger partial charge in [0.15, 0.2) is 0 Å². The summed E-state index contributed by atoms with van der Waals surface area (Å²) >= 11 is 0. The van der Waals surface area contributed by atoms with Gasteiger partial charge in [0, 0.05) is 12.6 Å². The van der Waals surface area contributed by atoms with Crippen molar-refractivity contribution < 1.29 is 14.2 Å². The smallest absolute Gasteiger partial charge is 0.119 e. The number of nitrogens with two attached hydrogens (primary N) is 1. The Morgan fingerprint density at radius 3 is 2.82 bits per heavy atom. The number of benzene rings is 1. The maximum absolute atomic E-state index is 5.93. The molecule has 0 spiro atoms. The minimum Gasteiger partial charge on any atom is -0.491 e. The topological polar surface area (TPSA) is 53.7 Å². The minimum atomic E-state index is 0.00289. The number of para-hydroxylation sites is 1. The monoisotopic (exact) mass is 237 g/mol. The Morgan fingerprint density at radius 2 is 2.06 bits per heavy atom. The summed E-state index contributed by atoms with van der Waals surface area (Å²) in [6, 6.07) is 9.79. The van der Waals surface area contributed by atoms with Gasteiger partial charge in [-0.15, -0.1) is 0 Å². The Morgan fingerprint density at radius 1 is 1.24 bits per heavy atom. The first kappa shape index (κ1) is 12.4. The van der Waals surface area contributed by atoms with Crippen LogP contribution in [0.2, 0.25) is 0 Å².